The number of methoxy groups -OCH3 is 1. The van der Waals surface area contributed by atoms with Gasteiger partial charge in [-0.25, -0.2) is 4.39 Å². The molecule has 0 amide bonds. The minimum Gasteiger partial charge on any atom is -0.496 e. The van der Waals surface area contributed by atoms with E-state index in [9.17, 15) is 9.18 Å². The lowest BCUT2D eigenvalue weighted by molar-refractivity contribution is 0.103. The summed E-state index contributed by atoms with van der Waals surface area (Å²) in [6.45, 7) is 1.71. The van der Waals surface area contributed by atoms with Gasteiger partial charge in [0.15, 0.2) is 5.78 Å². The van der Waals surface area contributed by atoms with Gasteiger partial charge in [-0.15, -0.1) is 0 Å². The summed E-state index contributed by atoms with van der Waals surface area (Å²) in [7, 11) is 1.52. The lowest BCUT2D eigenvalue weighted by Gasteiger charge is -2.09. The van der Waals surface area contributed by atoms with Gasteiger partial charge >= 0.3 is 0 Å². The van der Waals surface area contributed by atoms with Crippen LogP contribution in [0, 0.1) is 12.7 Å². The molecule has 2 nitrogen and oxygen atoms in total. The zero-order valence-electron chi connectivity index (χ0n) is 10.2. The van der Waals surface area contributed by atoms with Gasteiger partial charge in [0, 0.05) is 5.56 Å². The van der Waals surface area contributed by atoms with Crippen molar-refractivity contribution < 1.29 is 13.9 Å². The number of halogens is 1. The van der Waals surface area contributed by atoms with Crippen LogP contribution in [0.1, 0.15) is 21.5 Å². The minimum absolute atomic E-state index is 0.162. The number of carbonyl (C=O) groups excluding carboxylic acids is 1. The summed E-state index contributed by atoms with van der Waals surface area (Å²) in [6, 6.07) is 11.1. The molecule has 0 aliphatic carbocycles. The van der Waals surface area contributed by atoms with Crippen molar-refractivity contribution in [1.29, 1.82) is 0 Å². The highest BCUT2D eigenvalue weighted by atomic mass is 19.1. The van der Waals surface area contributed by atoms with Crippen LogP contribution < -0.4 is 4.74 Å². The van der Waals surface area contributed by atoms with Gasteiger partial charge in [0.25, 0.3) is 0 Å². The molecule has 0 aliphatic heterocycles. The summed E-state index contributed by atoms with van der Waals surface area (Å²) in [5.74, 6) is 0.0141. The van der Waals surface area contributed by atoms with E-state index < -0.39 is 0 Å². The maximum Gasteiger partial charge on any atom is 0.197 e. The average Bonchev–Trinajstić information content (AvgIpc) is 2.38. The lowest BCUT2D eigenvalue weighted by Crippen LogP contribution is -2.06. The summed E-state index contributed by atoms with van der Waals surface area (Å²) in [5, 5.41) is 0. The Hall–Kier alpha value is -2.16. The van der Waals surface area contributed by atoms with E-state index in [1.54, 1.807) is 31.2 Å². The molecule has 0 aromatic heterocycles. The zero-order valence-corrected chi connectivity index (χ0v) is 10.2. The first-order valence-corrected chi connectivity index (χ1v) is 5.57. The predicted octanol–water partition coefficient (Wildman–Crippen LogP) is 3.37. The van der Waals surface area contributed by atoms with Crippen LogP contribution in [0.3, 0.4) is 0 Å². The fraction of sp³-hybridized carbons (Fsp3) is 0.133. The maximum absolute atomic E-state index is 13.0. The molecule has 0 atom stereocenters. The van der Waals surface area contributed by atoms with E-state index in [0.717, 1.165) is 0 Å². The number of carbonyl (C=O) groups is 1. The number of ketones is 1. The SMILES string of the molecule is COc1ccccc1C(=O)c1ccc(F)cc1C. The van der Waals surface area contributed by atoms with Crippen LogP contribution in [0.15, 0.2) is 42.5 Å². The highest BCUT2D eigenvalue weighted by Gasteiger charge is 2.15. The molecule has 2 aromatic rings. The molecule has 2 aromatic carbocycles. The quantitative estimate of drug-likeness (QED) is 0.774. The molecule has 0 heterocycles. The van der Waals surface area contributed by atoms with E-state index in [-0.39, 0.29) is 11.6 Å². The average molecular weight is 244 g/mol. The van der Waals surface area contributed by atoms with Crippen molar-refractivity contribution in [3.8, 4) is 5.75 Å². The molecule has 92 valence electrons. The van der Waals surface area contributed by atoms with Crippen LogP contribution in [-0.4, -0.2) is 12.9 Å². The number of para-hydroxylation sites is 1. The van der Waals surface area contributed by atoms with Crippen molar-refractivity contribution in [1.82, 2.24) is 0 Å². The second kappa shape index (κ2) is 5.00. The highest BCUT2D eigenvalue weighted by molar-refractivity contribution is 6.11. The molecule has 0 saturated carbocycles. The molecule has 0 bridgehead atoms. The van der Waals surface area contributed by atoms with Crippen molar-refractivity contribution in [3.05, 3.63) is 65.0 Å². The Morgan fingerprint density at radius 3 is 2.50 bits per heavy atom. The van der Waals surface area contributed by atoms with Gasteiger partial charge in [-0.2, -0.15) is 0 Å². The maximum atomic E-state index is 13.0. The molecule has 0 fully saturated rings. The summed E-state index contributed by atoms with van der Waals surface area (Å²) in [5.41, 5.74) is 1.58. The largest absolute Gasteiger partial charge is 0.496 e. The van der Waals surface area contributed by atoms with E-state index in [2.05, 4.69) is 0 Å². The molecular formula is C15H13FO2. The predicted molar refractivity (Wildman–Crippen MR) is 67.6 cm³/mol. The van der Waals surface area contributed by atoms with Crippen molar-refractivity contribution in [2.24, 2.45) is 0 Å². The molecular weight excluding hydrogens is 231 g/mol. The first-order valence-electron chi connectivity index (χ1n) is 5.57. The van der Waals surface area contributed by atoms with Crippen LogP contribution in [0.4, 0.5) is 4.39 Å². The van der Waals surface area contributed by atoms with Gasteiger partial charge in [-0.05, 0) is 42.8 Å². The van der Waals surface area contributed by atoms with Crippen LogP contribution >= 0.6 is 0 Å². The Bertz CT molecular complexity index is 591. The third-order valence-electron chi connectivity index (χ3n) is 2.78. The normalized spacial score (nSPS) is 10.2. The minimum atomic E-state index is -0.343. The molecule has 0 spiro atoms. The van der Waals surface area contributed by atoms with Crippen LogP contribution in [0.2, 0.25) is 0 Å². The molecule has 18 heavy (non-hydrogen) atoms. The number of ether oxygens (including phenoxy) is 1. The molecule has 0 aliphatic rings. The Labute approximate surface area is 105 Å². The first kappa shape index (κ1) is 12.3. The summed E-state index contributed by atoms with van der Waals surface area (Å²) < 4.78 is 18.2. The fourth-order valence-corrected chi connectivity index (χ4v) is 1.86. The first-order chi connectivity index (χ1) is 8.63. The number of hydrogen-bond acceptors (Lipinski definition) is 2. The van der Waals surface area contributed by atoms with Gasteiger partial charge in [0.1, 0.15) is 11.6 Å². The topological polar surface area (TPSA) is 26.3 Å². The highest BCUT2D eigenvalue weighted by Crippen LogP contribution is 2.22. The van der Waals surface area contributed by atoms with Gasteiger partial charge < -0.3 is 4.74 Å². The summed E-state index contributed by atoms with van der Waals surface area (Å²) in [4.78, 5) is 12.4. The van der Waals surface area contributed by atoms with E-state index in [4.69, 9.17) is 4.74 Å². The van der Waals surface area contributed by atoms with Crippen LogP contribution in [-0.2, 0) is 0 Å². The Morgan fingerprint density at radius 2 is 1.83 bits per heavy atom. The van der Waals surface area contributed by atoms with E-state index in [1.165, 1.54) is 25.3 Å². The molecule has 0 radical (unpaired) electrons. The molecule has 2 rings (SSSR count). The van der Waals surface area contributed by atoms with E-state index in [1.807, 2.05) is 0 Å². The fourth-order valence-electron chi connectivity index (χ4n) is 1.86. The van der Waals surface area contributed by atoms with Gasteiger partial charge in [-0.1, -0.05) is 12.1 Å². The molecule has 0 unspecified atom stereocenters. The number of aryl methyl sites for hydroxylation is 1. The third-order valence-corrected chi connectivity index (χ3v) is 2.78. The van der Waals surface area contributed by atoms with Gasteiger partial charge in [-0.3, -0.25) is 4.79 Å². The van der Waals surface area contributed by atoms with Crippen molar-refractivity contribution in [3.63, 3.8) is 0 Å². The van der Waals surface area contributed by atoms with Crippen molar-refractivity contribution in [2.75, 3.05) is 7.11 Å². The Morgan fingerprint density at radius 1 is 1.11 bits per heavy atom. The van der Waals surface area contributed by atoms with Gasteiger partial charge in [0.05, 0.1) is 12.7 Å². The lowest BCUT2D eigenvalue weighted by atomic mass is 9.98. The van der Waals surface area contributed by atoms with Crippen LogP contribution in [0.25, 0.3) is 0 Å². The summed E-state index contributed by atoms with van der Waals surface area (Å²) >= 11 is 0. The summed E-state index contributed by atoms with van der Waals surface area (Å²) in [6.07, 6.45) is 0. The Balaban J connectivity index is 2.48. The number of benzene rings is 2. The number of rotatable bonds is 3. The van der Waals surface area contributed by atoms with Crippen molar-refractivity contribution in [2.45, 2.75) is 6.92 Å². The van der Waals surface area contributed by atoms with Crippen molar-refractivity contribution >= 4 is 5.78 Å². The third kappa shape index (κ3) is 2.25. The van der Waals surface area contributed by atoms with Gasteiger partial charge in [0.2, 0.25) is 0 Å². The standard InChI is InChI=1S/C15H13FO2/c1-10-9-11(16)7-8-12(10)15(17)13-5-3-4-6-14(13)18-2/h3-9H,1-2H3. The van der Waals surface area contributed by atoms with E-state index in [0.29, 0.717) is 22.4 Å². The molecule has 0 saturated heterocycles. The monoisotopic (exact) mass is 244 g/mol. The number of hydrogen-bond donors (Lipinski definition) is 0. The smallest absolute Gasteiger partial charge is 0.197 e. The Kier molecular flexibility index (Phi) is 3.42. The van der Waals surface area contributed by atoms with E-state index >= 15 is 0 Å². The second-order valence-corrected chi connectivity index (χ2v) is 3.99. The zero-order chi connectivity index (χ0) is 13.1. The molecule has 0 N–H and O–H groups in total. The second-order valence-electron chi connectivity index (χ2n) is 3.99. The van der Waals surface area contributed by atoms with Crippen LogP contribution in [0.5, 0.6) is 5.75 Å². The molecule has 3 heteroatoms.